The number of hydrogen-bond donors (Lipinski definition) is 1. The molecule has 1 aromatic heterocycles. The first kappa shape index (κ1) is 22.0. The van der Waals surface area contributed by atoms with Gasteiger partial charge < -0.3 is 9.64 Å². The minimum absolute atomic E-state index is 0.0535. The number of carbonyl (C=O) groups excluding carboxylic acids is 3. The van der Waals surface area contributed by atoms with Crippen LogP contribution in [0.3, 0.4) is 0 Å². The number of nitrogens with one attached hydrogen (secondary N) is 1. The Morgan fingerprint density at radius 2 is 2.03 bits per heavy atom. The van der Waals surface area contributed by atoms with E-state index in [9.17, 15) is 14.4 Å². The lowest BCUT2D eigenvalue weighted by molar-refractivity contribution is -0.159. The molecular weight excluding hydrogens is 402 g/mol. The molecule has 1 aromatic carbocycles. The molecule has 2 atom stereocenters. The van der Waals surface area contributed by atoms with Crippen LogP contribution in [0.15, 0.2) is 29.6 Å². The van der Waals surface area contributed by atoms with Crippen LogP contribution in [0.1, 0.15) is 39.2 Å². The fourth-order valence-corrected chi connectivity index (χ4v) is 4.08. The number of aryl methyl sites for hydroxylation is 1. The van der Waals surface area contributed by atoms with Gasteiger partial charge in [-0.05, 0) is 31.7 Å². The molecule has 0 saturated carbocycles. The van der Waals surface area contributed by atoms with Crippen molar-refractivity contribution < 1.29 is 19.1 Å². The summed E-state index contributed by atoms with van der Waals surface area (Å²) >= 11 is 1.32. The van der Waals surface area contributed by atoms with Crippen LogP contribution in [0.2, 0.25) is 0 Å². The van der Waals surface area contributed by atoms with Gasteiger partial charge in [0.25, 0.3) is 5.91 Å². The quantitative estimate of drug-likeness (QED) is 0.710. The number of nitrogens with zero attached hydrogens (tertiary/aromatic N) is 2. The Hall–Kier alpha value is -2.74. The van der Waals surface area contributed by atoms with Crippen molar-refractivity contribution in [3.63, 3.8) is 0 Å². The average molecular weight is 430 g/mol. The minimum atomic E-state index is -0.943. The molecule has 0 bridgehead atoms. The predicted octanol–water partition coefficient (Wildman–Crippen LogP) is 3.50. The minimum Gasteiger partial charge on any atom is -0.452 e. The van der Waals surface area contributed by atoms with E-state index in [1.165, 1.54) is 30.7 Å². The molecule has 0 aliphatic carbocycles. The highest BCUT2D eigenvalue weighted by Gasteiger charge is 2.30. The third-order valence-electron chi connectivity index (χ3n) is 5.25. The lowest BCUT2D eigenvalue weighted by atomic mass is 9.98. The Labute approximate surface area is 180 Å². The summed E-state index contributed by atoms with van der Waals surface area (Å²) in [5.41, 5.74) is 3.02. The van der Waals surface area contributed by atoms with Crippen molar-refractivity contribution in [2.45, 2.75) is 46.1 Å². The number of carbonyl (C=O) groups is 3. The molecule has 8 heteroatoms. The molecule has 7 nitrogen and oxygen atoms in total. The number of benzene rings is 1. The van der Waals surface area contributed by atoms with Crippen molar-refractivity contribution in [2.75, 3.05) is 18.4 Å². The zero-order valence-corrected chi connectivity index (χ0v) is 18.3. The SMILES string of the molecule is CCc1ccc(-c2csc(NC(=O)[C@@H](C)OC(=O)[C@H]3CCCN(C(C)=O)C3)n2)cc1. The molecule has 0 spiro atoms. The lowest BCUT2D eigenvalue weighted by Crippen LogP contribution is -2.43. The van der Waals surface area contributed by atoms with Gasteiger partial charge in [0, 0.05) is 31.0 Å². The van der Waals surface area contributed by atoms with Gasteiger partial charge in [-0.1, -0.05) is 31.2 Å². The van der Waals surface area contributed by atoms with E-state index in [0.29, 0.717) is 24.6 Å². The van der Waals surface area contributed by atoms with Crippen LogP contribution in [-0.4, -0.2) is 46.9 Å². The fraction of sp³-hybridized carbons (Fsp3) is 0.455. The lowest BCUT2D eigenvalue weighted by Gasteiger charge is -2.31. The molecule has 1 fully saturated rings. The standard InChI is InChI=1S/C22H27N3O4S/c1-4-16-7-9-17(10-8-16)19-13-30-22(23-19)24-20(27)14(2)29-21(28)18-6-5-11-25(12-18)15(3)26/h7-10,13-14,18H,4-6,11-12H2,1-3H3,(H,23,24,27)/t14-,18+/m1/s1. The highest BCUT2D eigenvalue weighted by Crippen LogP contribution is 2.25. The number of anilines is 1. The number of rotatable bonds is 6. The first-order chi connectivity index (χ1) is 14.4. The van der Waals surface area contributed by atoms with E-state index in [1.807, 2.05) is 17.5 Å². The number of aromatic nitrogens is 1. The summed E-state index contributed by atoms with van der Waals surface area (Å²) in [7, 11) is 0. The van der Waals surface area contributed by atoms with Crippen LogP contribution in [0, 0.1) is 5.92 Å². The van der Waals surface area contributed by atoms with E-state index in [2.05, 4.69) is 29.4 Å². The largest absolute Gasteiger partial charge is 0.452 e. The molecule has 160 valence electrons. The molecule has 1 aliphatic heterocycles. The Bertz CT molecular complexity index is 909. The van der Waals surface area contributed by atoms with Crippen molar-refractivity contribution in [1.82, 2.24) is 9.88 Å². The summed E-state index contributed by atoms with van der Waals surface area (Å²) in [6, 6.07) is 8.15. The van der Waals surface area contributed by atoms with Crippen molar-refractivity contribution >= 4 is 34.3 Å². The zero-order chi connectivity index (χ0) is 21.7. The van der Waals surface area contributed by atoms with Gasteiger partial charge in [0.2, 0.25) is 5.91 Å². The first-order valence-electron chi connectivity index (χ1n) is 10.2. The fourth-order valence-electron chi connectivity index (χ4n) is 3.36. The van der Waals surface area contributed by atoms with Crippen molar-refractivity contribution in [3.8, 4) is 11.3 Å². The van der Waals surface area contributed by atoms with Gasteiger partial charge >= 0.3 is 5.97 Å². The number of ether oxygens (including phenoxy) is 1. The topological polar surface area (TPSA) is 88.6 Å². The van der Waals surface area contributed by atoms with E-state index in [0.717, 1.165) is 24.1 Å². The molecule has 2 amide bonds. The Kier molecular flexibility index (Phi) is 7.20. The monoisotopic (exact) mass is 429 g/mol. The van der Waals surface area contributed by atoms with Gasteiger partial charge in [0.05, 0.1) is 11.6 Å². The van der Waals surface area contributed by atoms with Crippen LogP contribution in [-0.2, 0) is 25.5 Å². The van der Waals surface area contributed by atoms with Gasteiger partial charge in [0.15, 0.2) is 11.2 Å². The van der Waals surface area contributed by atoms with Crippen LogP contribution in [0.4, 0.5) is 5.13 Å². The normalized spacial score (nSPS) is 17.3. The third kappa shape index (κ3) is 5.44. The van der Waals surface area contributed by atoms with Gasteiger partial charge in [0.1, 0.15) is 0 Å². The maximum absolute atomic E-state index is 12.4. The van der Waals surface area contributed by atoms with Gasteiger partial charge in [-0.3, -0.25) is 19.7 Å². The number of thiazole rings is 1. The summed E-state index contributed by atoms with van der Waals surface area (Å²) < 4.78 is 5.36. The van der Waals surface area contributed by atoms with Crippen molar-refractivity contribution in [2.24, 2.45) is 5.92 Å². The summed E-state index contributed by atoms with van der Waals surface area (Å²) in [5, 5.41) is 5.05. The van der Waals surface area contributed by atoms with E-state index < -0.39 is 23.9 Å². The summed E-state index contributed by atoms with van der Waals surface area (Å²) in [4.78, 5) is 42.5. The Morgan fingerprint density at radius 1 is 1.30 bits per heavy atom. The molecule has 1 aliphatic rings. The molecule has 0 radical (unpaired) electrons. The number of amides is 2. The van der Waals surface area contributed by atoms with Crippen LogP contribution in [0.5, 0.6) is 0 Å². The molecule has 3 rings (SSSR count). The van der Waals surface area contributed by atoms with Gasteiger partial charge in [-0.15, -0.1) is 11.3 Å². The zero-order valence-electron chi connectivity index (χ0n) is 17.5. The smallest absolute Gasteiger partial charge is 0.311 e. The highest BCUT2D eigenvalue weighted by molar-refractivity contribution is 7.14. The molecule has 30 heavy (non-hydrogen) atoms. The Morgan fingerprint density at radius 3 is 2.70 bits per heavy atom. The molecule has 1 saturated heterocycles. The second-order valence-corrected chi connectivity index (χ2v) is 8.32. The molecule has 1 N–H and O–H groups in total. The Balaban J connectivity index is 1.54. The second kappa shape index (κ2) is 9.84. The number of likely N-dealkylation sites (tertiary alicyclic amines) is 1. The van der Waals surface area contributed by atoms with E-state index in [4.69, 9.17) is 4.74 Å². The predicted molar refractivity (Wildman–Crippen MR) is 116 cm³/mol. The molecular formula is C22H27N3O4S. The van der Waals surface area contributed by atoms with E-state index in [1.54, 1.807) is 4.90 Å². The highest BCUT2D eigenvalue weighted by atomic mass is 32.1. The molecule has 2 aromatic rings. The van der Waals surface area contributed by atoms with Crippen LogP contribution < -0.4 is 5.32 Å². The van der Waals surface area contributed by atoms with E-state index in [-0.39, 0.29) is 5.91 Å². The van der Waals surface area contributed by atoms with Crippen LogP contribution in [0.25, 0.3) is 11.3 Å². The number of hydrogen-bond acceptors (Lipinski definition) is 6. The third-order valence-corrected chi connectivity index (χ3v) is 6.01. The van der Waals surface area contributed by atoms with Gasteiger partial charge in [-0.25, -0.2) is 4.98 Å². The maximum atomic E-state index is 12.4. The molecule has 0 unspecified atom stereocenters. The first-order valence-corrected chi connectivity index (χ1v) is 11.1. The summed E-state index contributed by atoms with van der Waals surface area (Å²) in [6.07, 6.45) is 1.44. The summed E-state index contributed by atoms with van der Waals surface area (Å²) in [5.74, 6) is -1.32. The number of esters is 1. The second-order valence-electron chi connectivity index (χ2n) is 7.46. The molecule has 2 heterocycles. The van der Waals surface area contributed by atoms with Gasteiger partial charge in [-0.2, -0.15) is 0 Å². The van der Waals surface area contributed by atoms with E-state index >= 15 is 0 Å². The maximum Gasteiger partial charge on any atom is 0.311 e. The number of piperidine rings is 1. The summed E-state index contributed by atoms with van der Waals surface area (Å²) in [6.45, 7) is 6.13. The van der Waals surface area contributed by atoms with Crippen LogP contribution >= 0.6 is 11.3 Å². The average Bonchev–Trinajstić information content (AvgIpc) is 3.22. The van der Waals surface area contributed by atoms with Crippen molar-refractivity contribution in [3.05, 3.63) is 35.2 Å². The van der Waals surface area contributed by atoms with Crippen molar-refractivity contribution in [1.29, 1.82) is 0 Å².